The molecule has 4 nitrogen and oxygen atoms in total. The van der Waals surface area contributed by atoms with Gasteiger partial charge in [-0.1, -0.05) is 30.3 Å². The van der Waals surface area contributed by atoms with Gasteiger partial charge < -0.3 is 10.6 Å². The predicted octanol–water partition coefficient (Wildman–Crippen LogP) is 2.80. The summed E-state index contributed by atoms with van der Waals surface area (Å²) in [6, 6.07) is 11.3. The summed E-state index contributed by atoms with van der Waals surface area (Å²) >= 11 is 1.85. The molecule has 1 fully saturated rings. The van der Waals surface area contributed by atoms with Crippen LogP contribution in [0.1, 0.15) is 18.4 Å². The molecule has 2 N–H and O–H groups in total. The van der Waals surface area contributed by atoms with E-state index in [0.29, 0.717) is 6.04 Å². The zero-order chi connectivity index (χ0) is 15.6. The normalized spacial score (nSPS) is 16.7. The molecule has 130 valence electrons. The average molecular weight is 448 g/mol. The Labute approximate surface area is 161 Å². The van der Waals surface area contributed by atoms with Crippen LogP contribution < -0.4 is 10.6 Å². The van der Waals surface area contributed by atoms with Crippen molar-refractivity contribution in [3.05, 3.63) is 35.9 Å². The summed E-state index contributed by atoms with van der Waals surface area (Å²) in [5, 5.41) is 6.93. The molecule has 0 amide bonds. The molecule has 0 aromatic heterocycles. The fourth-order valence-electron chi connectivity index (χ4n) is 2.74. The Hall–Kier alpha value is -0.470. The predicted molar refractivity (Wildman–Crippen MR) is 113 cm³/mol. The standard InChI is InChI=1S/C17H28N4S.HI/c1-18-17(19-10-13-22-2)20-16-8-11-21(12-9-16)14-15-6-4-3-5-7-15;/h3-7,16H,8-14H2,1-2H3,(H2,18,19,20);1H. The summed E-state index contributed by atoms with van der Waals surface area (Å²) in [5.41, 5.74) is 1.41. The lowest BCUT2D eigenvalue weighted by atomic mass is 10.0. The molecule has 1 aromatic rings. The van der Waals surface area contributed by atoms with Crippen LogP contribution in [0, 0.1) is 0 Å². The number of likely N-dealkylation sites (tertiary alicyclic amines) is 1. The molecule has 1 heterocycles. The number of thioether (sulfide) groups is 1. The molecular weight excluding hydrogens is 419 g/mol. The first kappa shape index (κ1) is 20.6. The second-order valence-corrected chi connectivity index (χ2v) is 6.66. The highest BCUT2D eigenvalue weighted by Gasteiger charge is 2.19. The van der Waals surface area contributed by atoms with E-state index in [-0.39, 0.29) is 24.0 Å². The molecular formula is C17H29IN4S. The first-order chi connectivity index (χ1) is 10.8. The molecule has 0 saturated carbocycles. The van der Waals surface area contributed by atoms with Crippen LogP contribution in [0.15, 0.2) is 35.3 Å². The monoisotopic (exact) mass is 448 g/mol. The van der Waals surface area contributed by atoms with Crippen molar-refractivity contribution in [1.82, 2.24) is 15.5 Å². The minimum absolute atomic E-state index is 0. The number of rotatable bonds is 6. The van der Waals surface area contributed by atoms with Crippen LogP contribution in [0.3, 0.4) is 0 Å². The quantitative estimate of drug-likeness (QED) is 0.304. The Bertz CT molecular complexity index is 447. The number of guanidine groups is 1. The molecule has 1 aromatic carbocycles. The average Bonchev–Trinajstić information content (AvgIpc) is 2.57. The number of nitrogens with one attached hydrogen (secondary N) is 2. The summed E-state index contributed by atoms with van der Waals surface area (Å²) in [5.74, 6) is 2.05. The number of nitrogens with zero attached hydrogens (tertiary/aromatic N) is 2. The summed E-state index contributed by atoms with van der Waals surface area (Å²) in [6.07, 6.45) is 4.48. The summed E-state index contributed by atoms with van der Waals surface area (Å²) in [6.45, 7) is 4.32. The van der Waals surface area contributed by atoms with Crippen molar-refractivity contribution in [2.45, 2.75) is 25.4 Å². The van der Waals surface area contributed by atoms with Crippen molar-refractivity contribution < 1.29 is 0 Å². The second kappa shape index (κ2) is 12.0. The summed E-state index contributed by atoms with van der Waals surface area (Å²) in [7, 11) is 1.85. The largest absolute Gasteiger partial charge is 0.356 e. The summed E-state index contributed by atoms with van der Waals surface area (Å²) in [4.78, 5) is 6.85. The molecule has 0 radical (unpaired) electrons. The van der Waals surface area contributed by atoms with Crippen molar-refractivity contribution >= 4 is 41.7 Å². The van der Waals surface area contributed by atoms with Gasteiger partial charge in [-0.3, -0.25) is 9.89 Å². The van der Waals surface area contributed by atoms with Gasteiger partial charge in [0.25, 0.3) is 0 Å². The van der Waals surface area contributed by atoms with Gasteiger partial charge in [0.2, 0.25) is 0 Å². The molecule has 23 heavy (non-hydrogen) atoms. The van der Waals surface area contributed by atoms with E-state index in [1.807, 2.05) is 18.8 Å². The molecule has 0 unspecified atom stereocenters. The van der Waals surface area contributed by atoms with Gasteiger partial charge in [-0.15, -0.1) is 24.0 Å². The van der Waals surface area contributed by atoms with Crippen LogP contribution in [-0.2, 0) is 6.54 Å². The van der Waals surface area contributed by atoms with Gasteiger partial charge in [0.1, 0.15) is 0 Å². The number of halogens is 1. The van der Waals surface area contributed by atoms with Crippen LogP contribution in [0.4, 0.5) is 0 Å². The molecule has 2 rings (SSSR count). The lowest BCUT2D eigenvalue weighted by molar-refractivity contribution is 0.198. The van der Waals surface area contributed by atoms with E-state index >= 15 is 0 Å². The van der Waals surface area contributed by atoms with Crippen molar-refractivity contribution in [1.29, 1.82) is 0 Å². The highest BCUT2D eigenvalue weighted by molar-refractivity contribution is 14.0. The lowest BCUT2D eigenvalue weighted by Crippen LogP contribution is -2.48. The molecule has 0 atom stereocenters. The number of hydrogen-bond acceptors (Lipinski definition) is 3. The first-order valence-corrected chi connectivity index (χ1v) is 9.43. The Morgan fingerprint density at radius 2 is 1.96 bits per heavy atom. The van der Waals surface area contributed by atoms with E-state index in [9.17, 15) is 0 Å². The molecule has 6 heteroatoms. The Morgan fingerprint density at radius 3 is 2.57 bits per heavy atom. The van der Waals surface area contributed by atoms with Crippen LogP contribution in [0.2, 0.25) is 0 Å². The van der Waals surface area contributed by atoms with E-state index in [1.165, 1.54) is 18.4 Å². The number of hydrogen-bond donors (Lipinski definition) is 2. The SMILES string of the molecule is CN=C(NCCSC)NC1CCN(Cc2ccccc2)CC1.I. The van der Waals surface area contributed by atoms with E-state index in [1.54, 1.807) is 0 Å². The fraction of sp³-hybridized carbons (Fsp3) is 0.588. The van der Waals surface area contributed by atoms with Gasteiger partial charge in [0, 0.05) is 45.0 Å². The fourth-order valence-corrected chi connectivity index (χ4v) is 3.04. The lowest BCUT2D eigenvalue weighted by Gasteiger charge is -2.33. The van der Waals surface area contributed by atoms with E-state index in [4.69, 9.17) is 0 Å². The zero-order valence-electron chi connectivity index (χ0n) is 14.1. The maximum atomic E-state index is 4.31. The summed E-state index contributed by atoms with van der Waals surface area (Å²) < 4.78 is 0. The highest BCUT2D eigenvalue weighted by atomic mass is 127. The third-order valence-corrected chi connectivity index (χ3v) is 4.61. The molecule has 0 spiro atoms. The first-order valence-electron chi connectivity index (χ1n) is 8.04. The van der Waals surface area contributed by atoms with Crippen LogP contribution in [0.5, 0.6) is 0 Å². The topological polar surface area (TPSA) is 39.7 Å². The van der Waals surface area contributed by atoms with Crippen LogP contribution in [0.25, 0.3) is 0 Å². The minimum atomic E-state index is 0. The third kappa shape index (κ3) is 7.76. The minimum Gasteiger partial charge on any atom is -0.356 e. The number of piperidine rings is 1. The Balaban J connectivity index is 0.00000264. The highest BCUT2D eigenvalue weighted by Crippen LogP contribution is 2.13. The number of aliphatic imine (C=N–C) groups is 1. The third-order valence-electron chi connectivity index (χ3n) is 4.00. The molecule has 1 saturated heterocycles. The van der Waals surface area contributed by atoms with E-state index < -0.39 is 0 Å². The van der Waals surface area contributed by atoms with Gasteiger partial charge >= 0.3 is 0 Å². The smallest absolute Gasteiger partial charge is 0.191 e. The Kier molecular flexibility index (Phi) is 10.7. The van der Waals surface area contributed by atoms with Crippen molar-refractivity contribution in [2.75, 3.05) is 38.7 Å². The van der Waals surface area contributed by atoms with E-state index in [0.717, 1.165) is 37.9 Å². The van der Waals surface area contributed by atoms with Gasteiger partial charge in [0.15, 0.2) is 5.96 Å². The van der Waals surface area contributed by atoms with Crippen LogP contribution in [-0.4, -0.2) is 55.6 Å². The zero-order valence-corrected chi connectivity index (χ0v) is 17.3. The van der Waals surface area contributed by atoms with Crippen molar-refractivity contribution in [3.63, 3.8) is 0 Å². The van der Waals surface area contributed by atoms with Gasteiger partial charge in [-0.25, -0.2) is 0 Å². The maximum absolute atomic E-state index is 4.31. The van der Waals surface area contributed by atoms with Gasteiger partial charge in [0.05, 0.1) is 0 Å². The molecule has 1 aliphatic rings. The molecule has 0 aliphatic carbocycles. The van der Waals surface area contributed by atoms with Crippen molar-refractivity contribution in [2.24, 2.45) is 4.99 Å². The number of benzene rings is 1. The Morgan fingerprint density at radius 1 is 1.26 bits per heavy atom. The van der Waals surface area contributed by atoms with Gasteiger partial charge in [-0.05, 0) is 24.7 Å². The second-order valence-electron chi connectivity index (χ2n) is 5.67. The van der Waals surface area contributed by atoms with Crippen LogP contribution >= 0.6 is 35.7 Å². The maximum Gasteiger partial charge on any atom is 0.191 e. The van der Waals surface area contributed by atoms with Crippen molar-refractivity contribution in [3.8, 4) is 0 Å². The molecule has 1 aliphatic heterocycles. The van der Waals surface area contributed by atoms with Gasteiger partial charge in [-0.2, -0.15) is 11.8 Å². The molecule has 0 bridgehead atoms. The van der Waals surface area contributed by atoms with E-state index in [2.05, 4.69) is 57.1 Å².